The minimum Gasteiger partial charge on any atom is -0.508 e. The molecular weight excluding hydrogens is 280 g/mol. The van der Waals surface area contributed by atoms with Crippen LogP contribution in [0.15, 0.2) is 36.4 Å². The van der Waals surface area contributed by atoms with Gasteiger partial charge in [0, 0.05) is 36.5 Å². The molecule has 0 amide bonds. The molecule has 0 saturated heterocycles. The van der Waals surface area contributed by atoms with Gasteiger partial charge < -0.3 is 25.2 Å². The van der Waals surface area contributed by atoms with Crippen molar-refractivity contribution in [2.75, 3.05) is 25.7 Å². The maximum absolute atomic E-state index is 9.73. The van der Waals surface area contributed by atoms with Crippen LogP contribution in [0.4, 0.5) is 5.69 Å². The Bertz CT molecular complexity index is 688. The molecule has 0 aliphatic carbocycles. The van der Waals surface area contributed by atoms with E-state index in [4.69, 9.17) is 15.2 Å². The zero-order chi connectivity index (χ0) is 15.7. The van der Waals surface area contributed by atoms with Gasteiger partial charge in [0.15, 0.2) is 0 Å². The smallest absolute Gasteiger partial charge is 0.128 e. The van der Waals surface area contributed by atoms with E-state index in [2.05, 4.69) is 4.90 Å². The third-order valence-corrected chi connectivity index (χ3v) is 4.09. The summed E-state index contributed by atoms with van der Waals surface area (Å²) in [6.07, 6.45) is 0. The van der Waals surface area contributed by atoms with Crippen LogP contribution in [-0.2, 0) is 6.54 Å². The molecule has 1 atom stereocenters. The van der Waals surface area contributed by atoms with E-state index in [1.54, 1.807) is 26.4 Å². The van der Waals surface area contributed by atoms with Crippen LogP contribution in [0.5, 0.6) is 17.2 Å². The van der Waals surface area contributed by atoms with Gasteiger partial charge in [0.2, 0.25) is 0 Å². The lowest BCUT2D eigenvalue weighted by atomic mass is 10.0. The van der Waals surface area contributed by atoms with Crippen molar-refractivity contribution < 1.29 is 14.6 Å². The predicted octanol–water partition coefficient (Wildman–Crippen LogP) is 2.43. The van der Waals surface area contributed by atoms with E-state index < -0.39 is 0 Å². The van der Waals surface area contributed by atoms with Gasteiger partial charge in [0.25, 0.3) is 0 Å². The van der Waals surface area contributed by atoms with Crippen LogP contribution in [-0.4, -0.2) is 25.9 Å². The van der Waals surface area contributed by atoms with Crippen molar-refractivity contribution in [1.29, 1.82) is 0 Å². The molecule has 0 bridgehead atoms. The van der Waals surface area contributed by atoms with E-state index in [1.165, 1.54) is 0 Å². The van der Waals surface area contributed by atoms with Crippen molar-refractivity contribution >= 4 is 5.69 Å². The van der Waals surface area contributed by atoms with E-state index in [0.717, 1.165) is 28.3 Å². The Labute approximate surface area is 129 Å². The van der Waals surface area contributed by atoms with Gasteiger partial charge in [-0.3, -0.25) is 0 Å². The monoisotopic (exact) mass is 300 g/mol. The molecular formula is C17H20N2O3. The summed E-state index contributed by atoms with van der Waals surface area (Å²) in [5.41, 5.74) is 9.18. The average Bonchev–Trinajstić information content (AvgIpc) is 2.92. The summed E-state index contributed by atoms with van der Waals surface area (Å²) < 4.78 is 10.9. The molecule has 1 unspecified atom stereocenters. The van der Waals surface area contributed by atoms with Crippen molar-refractivity contribution in [1.82, 2.24) is 0 Å². The molecule has 0 aromatic heterocycles. The Morgan fingerprint density at radius 3 is 2.68 bits per heavy atom. The second-order valence-electron chi connectivity index (χ2n) is 5.30. The lowest BCUT2D eigenvalue weighted by Gasteiger charge is -2.26. The van der Waals surface area contributed by atoms with Crippen molar-refractivity contribution in [3.05, 3.63) is 47.5 Å². The van der Waals surface area contributed by atoms with E-state index in [-0.39, 0.29) is 11.8 Å². The Hall–Kier alpha value is -2.40. The van der Waals surface area contributed by atoms with E-state index >= 15 is 0 Å². The molecule has 3 rings (SSSR count). The summed E-state index contributed by atoms with van der Waals surface area (Å²) in [4.78, 5) is 2.17. The van der Waals surface area contributed by atoms with Crippen molar-refractivity contribution in [2.45, 2.75) is 12.6 Å². The van der Waals surface area contributed by atoms with E-state index in [0.29, 0.717) is 13.1 Å². The predicted molar refractivity (Wildman–Crippen MR) is 85.6 cm³/mol. The molecule has 0 spiro atoms. The lowest BCUT2D eigenvalue weighted by Crippen LogP contribution is -2.27. The maximum Gasteiger partial charge on any atom is 0.128 e. The summed E-state index contributed by atoms with van der Waals surface area (Å²) in [6.45, 7) is 1.17. The Morgan fingerprint density at radius 2 is 2.05 bits per heavy atom. The molecule has 1 aliphatic rings. The largest absolute Gasteiger partial charge is 0.508 e. The number of hydrogen-bond donors (Lipinski definition) is 2. The van der Waals surface area contributed by atoms with Gasteiger partial charge in [-0.15, -0.1) is 0 Å². The van der Waals surface area contributed by atoms with Crippen LogP contribution >= 0.6 is 0 Å². The minimum absolute atomic E-state index is 0.0117. The number of fused-ring (bicyclic) bond motifs is 1. The Morgan fingerprint density at radius 1 is 1.23 bits per heavy atom. The second kappa shape index (κ2) is 5.77. The fourth-order valence-corrected chi connectivity index (χ4v) is 3.09. The highest BCUT2D eigenvalue weighted by molar-refractivity contribution is 5.61. The number of anilines is 1. The van der Waals surface area contributed by atoms with Crippen LogP contribution in [0, 0.1) is 0 Å². The van der Waals surface area contributed by atoms with Gasteiger partial charge in [-0.05, 0) is 23.8 Å². The number of phenols is 1. The van der Waals surface area contributed by atoms with Crippen LogP contribution in [0.2, 0.25) is 0 Å². The number of nitrogens with zero attached hydrogens (tertiary/aromatic N) is 1. The van der Waals surface area contributed by atoms with Crippen LogP contribution in [0.1, 0.15) is 17.2 Å². The number of hydrogen-bond acceptors (Lipinski definition) is 5. The molecule has 3 N–H and O–H groups in total. The summed E-state index contributed by atoms with van der Waals surface area (Å²) in [5.74, 6) is 1.80. The number of rotatable bonds is 4. The molecule has 1 aliphatic heterocycles. The fourth-order valence-electron chi connectivity index (χ4n) is 3.09. The van der Waals surface area contributed by atoms with E-state index in [9.17, 15) is 5.11 Å². The zero-order valence-electron chi connectivity index (χ0n) is 12.7. The summed E-state index contributed by atoms with van der Waals surface area (Å²) in [6, 6.07) is 11.1. The number of phenolic OH excluding ortho intramolecular Hbond substituents is 1. The average molecular weight is 300 g/mol. The van der Waals surface area contributed by atoms with Crippen molar-refractivity contribution in [3.8, 4) is 17.2 Å². The fraction of sp³-hybridized carbons (Fsp3) is 0.294. The SMILES string of the molecule is COc1cc2c(c(OC)c1)C(CN)N(c1cccc(O)c1)C2. The first-order chi connectivity index (χ1) is 10.7. The minimum atomic E-state index is 0.0117. The highest BCUT2D eigenvalue weighted by Crippen LogP contribution is 2.44. The second-order valence-corrected chi connectivity index (χ2v) is 5.30. The standard InChI is InChI=1S/C17H20N2O3/c1-21-14-6-11-10-19(12-4-3-5-13(20)7-12)15(9-18)17(11)16(8-14)22-2/h3-8,15,20H,9-10,18H2,1-2H3. The molecule has 2 aromatic rings. The van der Waals surface area contributed by atoms with Gasteiger partial charge in [-0.2, -0.15) is 0 Å². The van der Waals surface area contributed by atoms with Crippen LogP contribution in [0.25, 0.3) is 0 Å². The van der Waals surface area contributed by atoms with Gasteiger partial charge in [-0.1, -0.05) is 6.07 Å². The third kappa shape index (κ3) is 2.33. The number of ether oxygens (including phenoxy) is 2. The number of benzene rings is 2. The Kier molecular flexibility index (Phi) is 3.81. The van der Waals surface area contributed by atoms with Crippen molar-refractivity contribution in [3.63, 3.8) is 0 Å². The first-order valence-corrected chi connectivity index (χ1v) is 7.18. The molecule has 0 radical (unpaired) electrons. The first kappa shape index (κ1) is 14.5. The molecule has 22 heavy (non-hydrogen) atoms. The summed E-state index contributed by atoms with van der Waals surface area (Å²) in [7, 11) is 3.29. The number of methoxy groups -OCH3 is 2. The van der Waals surface area contributed by atoms with Crippen molar-refractivity contribution in [2.24, 2.45) is 5.73 Å². The van der Waals surface area contributed by atoms with Gasteiger partial charge >= 0.3 is 0 Å². The Balaban J connectivity index is 2.07. The molecule has 2 aromatic carbocycles. The maximum atomic E-state index is 9.73. The van der Waals surface area contributed by atoms with Gasteiger partial charge in [0.05, 0.1) is 20.3 Å². The topological polar surface area (TPSA) is 68.0 Å². The van der Waals surface area contributed by atoms with E-state index in [1.807, 2.05) is 24.3 Å². The zero-order valence-corrected chi connectivity index (χ0v) is 12.7. The molecule has 5 nitrogen and oxygen atoms in total. The first-order valence-electron chi connectivity index (χ1n) is 7.18. The van der Waals surface area contributed by atoms with Crippen LogP contribution in [0.3, 0.4) is 0 Å². The molecule has 0 saturated carbocycles. The van der Waals surface area contributed by atoms with Crippen LogP contribution < -0.4 is 20.1 Å². The summed E-state index contributed by atoms with van der Waals surface area (Å²) in [5, 5.41) is 9.73. The molecule has 5 heteroatoms. The van der Waals surface area contributed by atoms with Gasteiger partial charge in [0.1, 0.15) is 17.2 Å². The quantitative estimate of drug-likeness (QED) is 0.907. The molecule has 0 fully saturated rings. The lowest BCUT2D eigenvalue weighted by molar-refractivity contribution is 0.389. The number of aromatic hydroxyl groups is 1. The number of nitrogens with two attached hydrogens (primary N) is 1. The highest BCUT2D eigenvalue weighted by atomic mass is 16.5. The third-order valence-electron chi connectivity index (χ3n) is 4.09. The molecule has 1 heterocycles. The molecule has 116 valence electrons. The normalized spacial score (nSPS) is 16.5. The summed E-state index contributed by atoms with van der Waals surface area (Å²) >= 11 is 0. The van der Waals surface area contributed by atoms with Gasteiger partial charge in [-0.25, -0.2) is 0 Å². The highest BCUT2D eigenvalue weighted by Gasteiger charge is 2.33.